The van der Waals surface area contributed by atoms with Crippen LogP contribution in [0.3, 0.4) is 0 Å². The number of nitrogens with zero attached hydrogens (tertiary/aromatic N) is 3. The summed E-state index contributed by atoms with van der Waals surface area (Å²) >= 11 is 1.70. The molecule has 0 radical (unpaired) electrons. The number of aromatic nitrogens is 2. The van der Waals surface area contributed by atoms with Crippen molar-refractivity contribution in [2.75, 3.05) is 31.1 Å². The van der Waals surface area contributed by atoms with Gasteiger partial charge in [0.1, 0.15) is 16.5 Å². The lowest BCUT2D eigenvalue weighted by molar-refractivity contribution is 0.191. The van der Waals surface area contributed by atoms with Crippen molar-refractivity contribution in [3.8, 4) is 0 Å². The Morgan fingerprint density at radius 2 is 2.00 bits per heavy atom. The van der Waals surface area contributed by atoms with Crippen LogP contribution in [0.2, 0.25) is 0 Å². The van der Waals surface area contributed by atoms with E-state index in [0.29, 0.717) is 11.6 Å². The summed E-state index contributed by atoms with van der Waals surface area (Å²) in [5, 5.41) is 0.808. The number of fused-ring (bicyclic) bond motifs is 3. The Kier molecular flexibility index (Phi) is 5.11. The lowest BCUT2D eigenvalue weighted by Crippen LogP contribution is -2.47. The molecule has 2 aromatic heterocycles. The van der Waals surface area contributed by atoms with E-state index in [1.54, 1.807) is 17.4 Å². The minimum atomic E-state index is -0.175. The Labute approximate surface area is 179 Å². The van der Waals surface area contributed by atoms with Crippen molar-refractivity contribution in [2.45, 2.75) is 39.2 Å². The van der Waals surface area contributed by atoms with E-state index < -0.39 is 0 Å². The molecule has 30 heavy (non-hydrogen) atoms. The number of aromatic amines is 1. The Balaban J connectivity index is 1.36. The fourth-order valence-corrected chi connectivity index (χ4v) is 6.19. The number of aryl methyl sites for hydroxylation is 1. The first kappa shape index (κ1) is 19.7. The fraction of sp³-hybridized carbons (Fsp3) is 0.478. The number of H-pyrrole nitrogens is 1. The van der Waals surface area contributed by atoms with Gasteiger partial charge in [0.2, 0.25) is 0 Å². The second kappa shape index (κ2) is 7.78. The van der Waals surface area contributed by atoms with E-state index >= 15 is 0 Å². The van der Waals surface area contributed by atoms with Gasteiger partial charge in [-0.2, -0.15) is 0 Å². The molecule has 0 spiro atoms. The van der Waals surface area contributed by atoms with Crippen LogP contribution in [-0.2, 0) is 12.8 Å². The molecule has 1 aliphatic heterocycles. The van der Waals surface area contributed by atoms with E-state index in [1.165, 1.54) is 16.5 Å². The molecule has 5 nitrogen and oxygen atoms in total. The van der Waals surface area contributed by atoms with Crippen molar-refractivity contribution >= 4 is 27.2 Å². The molecule has 1 aromatic carbocycles. The summed E-state index contributed by atoms with van der Waals surface area (Å²) in [4.78, 5) is 27.5. The first-order chi connectivity index (χ1) is 14.5. The largest absolute Gasteiger partial charge is 0.367 e. The Bertz CT molecular complexity index is 1130. The highest BCUT2D eigenvalue weighted by atomic mass is 32.1. The molecular weight excluding hydrogens is 399 g/mol. The standard InChI is InChI=1S/C23H27FN4OS/c1-14-7-8-16-19(13-14)30-23-20(16)22(29)25-21(26-23)15(2)27-9-11-28(12-10-27)18-6-4-3-5-17(18)24/h3-6,14-15H,7-13H2,1-2H3,(H,25,26,29). The molecule has 0 amide bonds. The van der Waals surface area contributed by atoms with Gasteiger partial charge in [0.15, 0.2) is 0 Å². The zero-order valence-corrected chi connectivity index (χ0v) is 18.3. The number of anilines is 1. The summed E-state index contributed by atoms with van der Waals surface area (Å²) in [6, 6.07) is 6.95. The highest BCUT2D eigenvalue weighted by molar-refractivity contribution is 7.18. The summed E-state index contributed by atoms with van der Waals surface area (Å²) in [5.41, 5.74) is 1.88. The van der Waals surface area contributed by atoms with Crippen LogP contribution in [0.4, 0.5) is 10.1 Å². The van der Waals surface area contributed by atoms with Gasteiger partial charge >= 0.3 is 0 Å². The lowest BCUT2D eigenvalue weighted by Gasteiger charge is -2.38. The van der Waals surface area contributed by atoms with Gasteiger partial charge in [-0.1, -0.05) is 19.1 Å². The number of benzene rings is 1. The number of rotatable bonds is 3. The zero-order valence-electron chi connectivity index (χ0n) is 17.4. The van der Waals surface area contributed by atoms with Crippen molar-refractivity contribution in [1.82, 2.24) is 14.9 Å². The summed E-state index contributed by atoms with van der Waals surface area (Å²) in [6.45, 7) is 7.48. The number of para-hydroxylation sites is 1. The molecule has 2 atom stereocenters. The summed E-state index contributed by atoms with van der Waals surface area (Å²) in [7, 11) is 0. The van der Waals surface area contributed by atoms with Crippen molar-refractivity contribution in [1.29, 1.82) is 0 Å². The minimum Gasteiger partial charge on any atom is -0.367 e. The molecule has 3 heterocycles. The van der Waals surface area contributed by atoms with Gasteiger partial charge in [-0.15, -0.1) is 11.3 Å². The third-order valence-electron chi connectivity index (χ3n) is 6.63. The van der Waals surface area contributed by atoms with Crippen LogP contribution in [0.1, 0.15) is 42.6 Å². The third-order valence-corrected chi connectivity index (χ3v) is 7.78. The Morgan fingerprint density at radius 3 is 2.77 bits per heavy atom. The van der Waals surface area contributed by atoms with Crippen molar-refractivity contribution in [3.05, 3.63) is 56.7 Å². The minimum absolute atomic E-state index is 0.00102. The van der Waals surface area contributed by atoms with Gasteiger partial charge in [0.25, 0.3) is 5.56 Å². The highest BCUT2D eigenvalue weighted by Gasteiger charge is 2.27. The van der Waals surface area contributed by atoms with Crippen LogP contribution in [0, 0.1) is 11.7 Å². The van der Waals surface area contributed by atoms with Crippen LogP contribution in [0.15, 0.2) is 29.1 Å². The molecule has 7 heteroatoms. The maximum absolute atomic E-state index is 14.1. The SMILES string of the molecule is CC1CCc2c(sc3nc(C(C)N4CCN(c5ccccc5F)CC4)[nH]c(=O)c23)C1. The van der Waals surface area contributed by atoms with E-state index in [4.69, 9.17) is 4.98 Å². The van der Waals surface area contributed by atoms with E-state index in [-0.39, 0.29) is 17.4 Å². The van der Waals surface area contributed by atoms with Gasteiger partial charge < -0.3 is 9.88 Å². The van der Waals surface area contributed by atoms with E-state index in [0.717, 1.165) is 61.5 Å². The maximum Gasteiger partial charge on any atom is 0.259 e. The summed E-state index contributed by atoms with van der Waals surface area (Å²) in [6.07, 6.45) is 3.18. The summed E-state index contributed by atoms with van der Waals surface area (Å²) in [5.74, 6) is 1.23. The Hall–Kier alpha value is -2.25. The second-order valence-electron chi connectivity index (χ2n) is 8.63. The van der Waals surface area contributed by atoms with Gasteiger partial charge in [-0.25, -0.2) is 9.37 Å². The number of hydrogen-bond acceptors (Lipinski definition) is 5. The average Bonchev–Trinajstić information content (AvgIpc) is 3.11. The molecule has 0 bridgehead atoms. The van der Waals surface area contributed by atoms with Gasteiger partial charge in [-0.3, -0.25) is 9.69 Å². The zero-order chi connectivity index (χ0) is 20.8. The van der Waals surface area contributed by atoms with Crippen LogP contribution < -0.4 is 10.5 Å². The van der Waals surface area contributed by atoms with Crippen LogP contribution in [0.5, 0.6) is 0 Å². The predicted octanol–water partition coefficient (Wildman–Crippen LogP) is 4.13. The fourth-order valence-electron chi connectivity index (χ4n) is 4.79. The van der Waals surface area contributed by atoms with Crippen LogP contribution in [-0.4, -0.2) is 41.0 Å². The van der Waals surface area contributed by atoms with Gasteiger partial charge in [0.05, 0.1) is 17.1 Å². The molecule has 0 saturated carbocycles. The maximum atomic E-state index is 14.1. The van der Waals surface area contributed by atoms with Crippen LogP contribution in [0.25, 0.3) is 10.2 Å². The molecule has 158 valence electrons. The topological polar surface area (TPSA) is 52.2 Å². The first-order valence-corrected chi connectivity index (χ1v) is 11.6. The summed E-state index contributed by atoms with van der Waals surface area (Å²) < 4.78 is 14.1. The van der Waals surface area contributed by atoms with Gasteiger partial charge in [-0.05, 0) is 49.8 Å². The molecule has 1 fully saturated rings. The smallest absolute Gasteiger partial charge is 0.259 e. The monoisotopic (exact) mass is 426 g/mol. The van der Waals surface area contributed by atoms with E-state index in [2.05, 4.69) is 28.6 Å². The number of hydrogen-bond donors (Lipinski definition) is 1. The molecular formula is C23H27FN4OS. The van der Waals surface area contributed by atoms with E-state index in [1.807, 2.05) is 12.1 Å². The number of piperazine rings is 1. The average molecular weight is 427 g/mol. The number of halogens is 1. The predicted molar refractivity (Wildman–Crippen MR) is 120 cm³/mol. The molecule has 2 unspecified atom stereocenters. The normalized spacial score (nSPS) is 21.0. The Morgan fingerprint density at radius 1 is 1.23 bits per heavy atom. The molecule has 5 rings (SSSR count). The molecule has 1 N–H and O–H groups in total. The van der Waals surface area contributed by atoms with Crippen molar-refractivity contribution in [2.24, 2.45) is 5.92 Å². The lowest BCUT2D eigenvalue weighted by atomic mass is 9.89. The third kappa shape index (κ3) is 3.44. The van der Waals surface area contributed by atoms with Crippen LogP contribution >= 0.6 is 11.3 Å². The van der Waals surface area contributed by atoms with Gasteiger partial charge in [0, 0.05) is 31.1 Å². The number of thiophene rings is 1. The van der Waals surface area contributed by atoms with Crippen molar-refractivity contribution < 1.29 is 4.39 Å². The molecule has 1 aliphatic carbocycles. The van der Waals surface area contributed by atoms with E-state index in [9.17, 15) is 9.18 Å². The van der Waals surface area contributed by atoms with Crippen molar-refractivity contribution in [3.63, 3.8) is 0 Å². The quantitative estimate of drug-likeness (QED) is 0.684. The second-order valence-corrected chi connectivity index (χ2v) is 9.72. The molecule has 2 aliphatic rings. The number of nitrogens with one attached hydrogen (secondary N) is 1. The first-order valence-electron chi connectivity index (χ1n) is 10.8. The molecule has 1 saturated heterocycles. The molecule has 3 aromatic rings. The highest BCUT2D eigenvalue weighted by Crippen LogP contribution is 2.36.